The van der Waals surface area contributed by atoms with E-state index in [1.807, 2.05) is 0 Å². The van der Waals surface area contributed by atoms with Crippen LogP contribution in [0.3, 0.4) is 0 Å². The van der Waals surface area contributed by atoms with Gasteiger partial charge in [-0.25, -0.2) is 17.5 Å². The van der Waals surface area contributed by atoms with E-state index in [-0.39, 0.29) is 5.75 Å². The molecular formula is C16H16FNO4S. The van der Waals surface area contributed by atoms with E-state index in [1.165, 1.54) is 12.1 Å². The number of hydrogen-bond donors (Lipinski definition) is 2. The van der Waals surface area contributed by atoms with Gasteiger partial charge in [-0.2, -0.15) is 0 Å². The zero-order chi connectivity index (χ0) is 16.9. The Labute approximate surface area is 133 Å². The number of hydrogen-bond acceptors (Lipinski definition) is 3. The summed E-state index contributed by atoms with van der Waals surface area (Å²) < 4.78 is 39.9. The van der Waals surface area contributed by atoms with Crippen molar-refractivity contribution in [3.63, 3.8) is 0 Å². The lowest BCUT2D eigenvalue weighted by atomic mass is 10.1. The van der Waals surface area contributed by atoms with Crippen molar-refractivity contribution in [2.75, 3.05) is 0 Å². The van der Waals surface area contributed by atoms with Crippen LogP contribution < -0.4 is 4.72 Å². The summed E-state index contributed by atoms with van der Waals surface area (Å²) in [6.07, 6.45) is -0.431. The molecule has 0 spiro atoms. The topological polar surface area (TPSA) is 83.5 Å². The van der Waals surface area contributed by atoms with E-state index in [2.05, 4.69) is 4.72 Å². The van der Waals surface area contributed by atoms with Crippen molar-refractivity contribution in [1.82, 2.24) is 4.72 Å². The first kappa shape index (κ1) is 17.1. The molecule has 2 aromatic rings. The third-order valence-corrected chi connectivity index (χ3v) is 4.53. The maximum Gasteiger partial charge on any atom is 0.305 e. The van der Waals surface area contributed by atoms with E-state index >= 15 is 0 Å². The molecule has 0 saturated carbocycles. The number of aliphatic carboxylic acids is 1. The lowest BCUT2D eigenvalue weighted by Crippen LogP contribution is -2.31. The normalized spacial score (nSPS) is 12.7. The molecule has 5 nitrogen and oxygen atoms in total. The van der Waals surface area contributed by atoms with Crippen molar-refractivity contribution < 1.29 is 22.7 Å². The fraction of sp³-hybridized carbons (Fsp3) is 0.188. The number of carbonyl (C=O) groups is 1. The van der Waals surface area contributed by atoms with Gasteiger partial charge in [-0.15, -0.1) is 0 Å². The third kappa shape index (κ3) is 5.46. The molecule has 2 aromatic carbocycles. The maximum atomic E-state index is 13.0. The van der Waals surface area contributed by atoms with Gasteiger partial charge in [0.1, 0.15) is 5.82 Å². The van der Waals surface area contributed by atoms with Gasteiger partial charge in [-0.3, -0.25) is 4.79 Å². The second-order valence-corrected chi connectivity index (χ2v) is 6.82. The lowest BCUT2D eigenvalue weighted by molar-refractivity contribution is -0.137. The van der Waals surface area contributed by atoms with Crippen molar-refractivity contribution in [3.8, 4) is 0 Å². The predicted molar refractivity (Wildman–Crippen MR) is 83.6 cm³/mol. The molecule has 0 saturated heterocycles. The Bertz CT molecular complexity index is 760. The summed E-state index contributed by atoms with van der Waals surface area (Å²) in [5.41, 5.74) is 0.985. The first-order valence-corrected chi connectivity index (χ1v) is 8.52. The van der Waals surface area contributed by atoms with Crippen molar-refractivity contribution in [2.45, 2.75) is 18.2 Å². The molecular weight excluding hydrogens is 321 g/mol. The summed E-state index contributed by atoms with van der Waals surface area (Å²) in [5, 5.41) is 8.98. The minimum absolute atomic E-state index is 0.259. The van der Waals surface area contributed by atoms with E-state index in [9.17, 15) is 17.6 Å². The molecule has 0 aliphatic rings. The van der Waals surface area contributed by atoms with Gasteiger partial charge >= 0.3 is 5.97 Å². The molecule has 0 heterocycles. The minimum Gasteiger partial charge on any atom is -0.481 e. The average Bonchev–Trinajstić information content (AvgIpc) is 2.47. The van der Waals surface area contributed by atoms with Crippen molar-refractivity contribution in [1.29, 1.82) is 0 Å². The number of carboxylic acid groups (broad SMARTS) is 1. The average molecular weight is 337 g/mol. The molecule has 0 bridgehead atoms. The number of halogens is 1. The highest BCUT2D eigenvalue weighted by Crippen LogP contribution is 2.19. The van der Waals surface area contributed by atoms with Gasteiger partial charge < -0.3 is 5.11 Å². The first-order chi connectivity index (χ1) is 10.9. The molecule has 7 heteroatoms. The number of rotatable bonds is 7. The molecule has 23 heavy (non-hydrogen) atoms. The summed E-state index contributed by atoms with van der Waals surface area (Å²) >= 11 is 0. The Morgan fingerprint density at radius 2 is 1.70 bits per heavy atom. The molecule has 1 atom stereocenters. The van der Waals surface area contributed by atoms with Crippen LogP contribution in [0.15, 0.2) is 54.6 Å². The number of nitrogens with one attached hydrogen (secondary N) is 1. The molecule has 2 N–H and O–H groups in total. The Morgan fingerprint density at radius 3 is 2.26 bits per heavy atom. The molecule has 1 unspecified atom stereocenters. The fourth-order valence-electron chi connectivity index (χ4n) is 2.15. The summed E-state index contributed by atoms with van der Waals surface area (Å²) in [4.78, 5) is 11.0. The second-order valence-electron chi connectivity index (χ2n) is 5.06. The minimum atomic E-state index is -3.74. The van der Waals surface area contributed by atoms with Gasteiger partial charge in [-0.05, 0) is 23.3 Å². The largest absolute Gasteiger partial charge is 0.481 e. The smallest absolute Gasteiger partial charge is 0.305 e. The van der Waals surface area contributed by atoms with Crippen LogP contribution in [0.25, 0.3) is 0 Å². The van der Waals surface area contributed by atoms with Crippen LogP contribution in [-0.2, 0) is 20.6 Å². The van der Waals surface area contributed by atoms with E-state index in [1.54, 1.807) is 30.3 Å². The number of carboxylic acids is 1. The molecule has 122 valence electrons. The van der Waals surface area contributed by atoms with Crippen molar-refractivity contribution >= 4 is 16.0 Å². The quantitative estimate of drug-likeness (QED) is 0.813. The van der Waals surface area contributed by atoms with Gasteiger partial charge in [0, 0.05) is 0 Å². The van der Waals surface area contributed by atoms with Gasteiger partial charge in [0.05, 0.1) is 18.2 Å². The zero-order valence-electron chi connectivity index (χ0n) is 12.1. The van der Waals surface area contributed by atoms with E-state index < -0.39 is 34.3 Å². The molecule has 0 amide bonds. The number of sulfonamides is 1. The van der Waals surface area contributed by atoms with Crippen LogP contribution in [0.2, 0.25) is 0 Å². The van der Waals surface area contributed by atoms with E-state index in [0.29, 0.717) is 11.1 Å². The van der Waals surface area contributed by atoms with Crippen molar-refractivity contribution in [2.24, 2.45) is 0 Å². The van der Waals surface area contributed by atoms with Crippen LogP contribution in [0.5, 0.6) is 0 Å². The predicted octanol–water partition coefficient (Wildman–Crippen LogP) is 2.46. The highest BCUT2D eigenvalue weighted by atomic mass is 32.2. The highest BCUT2D eigenvalue weighted by Gasteiger charge is 2.22. The standard InChI is InChI=1S/C16H16FNO4S/c17-14-8-6-13(7-9-14)15(10-16(19)20)18-23(21,22)11-12-4-2-1-3-5-12/h1-9,15,18H,10-11H2,(H,19,20). The van der Waals surface area contributed by atoms with Crippen LogP contribution >= 0.6 is 0 Å². The maximum absolute atomic E-state index is 13.0. The van der Waals surface area contributed by atoms with Crippen LogP contribution in [0.4, 0.5) is 4.39 Å². The van der Waals surface area contributed by atoms with Crippen LogP contribution in [0.1, 0.15) is 23.6 Å². The summed E-state index contributed by atoms with van der Waals surface area (Å²) in [6.45, 7) is 0. The lowest BCUT2D eigenvalue weighted by Gasteiger charge is -2.17. The Balaban J connectivity index is 2.19. The molecule has 0 radical (unpaired) electrons. The summed E-state index contributed by atoms with van der Waals surface area (Å²) in [7, 11) is -3.74. The summed E-state index contributed by atoms with van der Waals surface area (Å²) in [6, 6.07) is 12.7. The monoisotopic (exact) mass is 337 g/mol. The van der Waals surface area contributed by atoms with E-state index in [0.717, 1.165) is 12.1 Å². The first-order valence-electron chi connectivity index (χ1n) is 6.87. The molecule has 0 fully saturated rings. The highest BCUT2D eigenvalue weighted by molar-refractivity contribution is 7.88. The Morgan fingerprint density at radius 1 is 1.09 bits per heavy atom. The summed E-state index contributed by atoms with van der Waals surface area (Å²) in [5.74, 6) is -1.89. The number of benzene rings is 2. The Hall–Kier alpha value is -2.25. The second kappa shape index (κ2) is 7.34. The molecule has 2 rings (SSSR count). The van der Waals surface area contributed by atoms with Crippen molar-refractivity contribution in [3.05, 3.63) is 71.5 Å². The van der Waals surface area contributed by atoms with Crippen LogP contribution in [0, 0.1) is 5.82 Å². The Kier molecular flexibility index (Phi) is 5.46. The van der Waals surface area contributed by atoms with Gasteiger partial charge in [0.25, 0.3) is 0 Å². The molecule has 0 aliphatic heterocycles. The third-order valence-electron chi connectivity index (χ3n) is 3.17. The van der Waals surface area contributed by atoms with E-state index in [4.69, 9.17) is 5.11 Å². The fourth-order valence-corrected chi connectivity index (χ4v) is 3.52. The SMILES string of the molecule is O=C(O)CC(NS(=O)(=O)Cc1ccccc1)c1ccc(F)cc1. The zero-order valence-corrected chi connectivity index (χ0v) is 13.0. The van der Waals surface area contributed by atoms with Gasteiger partial charge in [-0.1, -0.05) is 42.5 Å². The molecule has 0 aliphatic carbocycles. The van der Waals surface area contributed by atoms with Crippen LogP contribution in [-0.4, -0.2) is 19.5 Å². The van der Waals surface area contributed by atoms with Gasteiger partial charge in [0.15, 0.2) is 0 Å². The molecule has 0 aromatic heterocycles. The van der Waals surface area contributed by atoms with Gasteiger partial charge in [0.2, 0.25) is 10.0 Å².